The van der Waals surface area contributed by atoms with Gasteiger partial charge in [-0.05, 0) is 44.0 Å². The minimum Gasteiger partial charge on any atom is -0.493 e. The highest BCUT2D eigenvalue weighted by Gasteiger charge is 2.18. The van der Waals surface area contributed by atoms with Gasteiger partial charge in [-0.15, -0.1) is 10.2 Å². The standard InChI is InChI=1S/C23H24N4O3S/c1-13-9-14(2)20(15(3)10-13)24-19(28)12-31-23-26-25-22(27(23)4)18-11-16-7-6-8-17(29-5)21(16)30-18/h6-11H,12H2,1-5H3,(H,24,28). The lowest BCUT2D eigenvalue weighted by atomic mass is 10.1. The predicted molar refractivity (Wildman–Crippen MR) is 123 cm³/mol. The Labute approximate surface area is 184 Å². The number of benzene rings is 2. The number of rotatable bonds is 6. The van der Waals surface area contributed by atoms with E-state index in [2.05, 4.69) is 27.6 Å². The van der Waals surface area contributed by atoms with E-state index in [9.17, 15) is 4.79 Å². The quantitative estimate of drug-likeness (QED) is 0.433. The first kappa shape index (κ1) is 21.0. The zero-order valence-corrected chi connectivity index (χ0v) is 19.0. The van der Waals surface area contributed by atoms with Gasteiger partial charge in [-0.1, -0.05) is 41.6 Å². The fourth-order valence-corrected chi connectivity index (χ4v) is 4.36. The number of nitrogens with one attached hydrogen (secondary N) is 1. The molecule has 31 heavy (non-hydrogen) atoms. The van der Waals surface area contributed by atoms with E-state index in [0.717, 1.165) is 22.2 Å². The molecule has 1 N–H and O–H groups in total. The van der Waals surface area contributed by atoms with Crippen LogP contribution in [0.25, 0.3) is 22.6 Å². The fourth-order valence-electron chi connectivity index (χ4n) is 3.65. The van der Waals surface area contributed by atoms with Crippen LogP contribution in [0, 0.1) is 20.8 Å². The van der Waals surface area contributed by atoms with Gasteiger partial charge >= 0.3 is 0 Å². The van der Waals surface area contributed by atoms with Gasteiger partial charge in [-0.3, -0.25) is 4.79 Å². The Morgan fingerprint density at radius 2 is 1.90 bits per heavy atom. The van der Waals surface area contributed by atoms with Gasteiger partial charge in [0.15, 0.2) is 28.1 Å². The summed E-state index contributed by atoms with van der Waals surface area (Å²) in [5.41, 5.74) is 4.82. The monoisotopic (exact) mass is 436 g/mol. The second kappa shape index (κ2) is 8.47. The van der Waals surface area contributed by atoms with Crippen LogP contribution in [0.4, 0.5) is 5.69 Å². The first-order valence-corrected chi connectivity index (χ1v) is 10.8. The minimum absolute atomic E-state index is 0.0851. The van der Waals surface area contributed by atoms with E-state index in [4.69, 9.17) is 9.15 Å². The van der Waals surface area contributed by atoms with Crippen molar-refractivity contribution in [2.75, 3.05) is 18.2 Å². The van der Waals surface area contributed by atoms with E-state index in [1.165, 1.54) is 17.3 Å². The van der Waals surface area contributed by atoms with Crippen LogP contribution >= 0.6 is 11.8 Å². The molecule has 0 aliphatic heterocycles. The molecule has 4 rings (SSSR count). The highest BCUT2D eigenvalue weighted by atomic mass is 32.2. The maximum absolute atomic E-state index is 12.5. The molecule has 4 aromatic rings. The molecule has 0 bridgehead atoms. The zero-order chi connectivity index (χ0) is 22.1. The summed E-state index contributed by atoms with van der Waals surface area (Å²) in [6.45, 7) is 6.05. The van der Waals surface area contributed by atoms with Crippen LogP contribution in [-0.2, 0) is 11.8 Å². The third kappa shape index (κ3) is 4.16. The van der Waals surface area contributed by atoms with Crippen LogP contribution in [0.3, 0.4) is 0 Å². The average molecular weight is 437 g/mol. The maximum Gasteiger partial charge on any atom is 0.234 e. The van der Waals surface area contributed by atoms with Crippen molar-refractivity contribution in [1.29, 1.82) is 0 Å². The van der Waals surface area contributed by atoms with Crippen molar-refractivity contribution in [3.8, 4) is 17.3 Å². The Bertz CT molecular complexity index is 1250. The second-order valence-corrected chi connectivity index (χ2v) is 8.41. The molecule has 0 unspecified atom stereocenters. The highest BCUT2D eigenvalue weighted by molar-refractivity contribution is 7.99. The van der Waals surface area contributed by atoms with Crippen LogP contribution in [0.2, 0.25) is 0 Å². The van der Waals surface area contributed by atoms with E-state index in [1.807, 2.05) is 56.7 Å². The van der Waals surface area contributed by atoms with Gasteiger partial charge in [0.2, 0.25) is 5.91 Å². The summed E-state index contributed by atoms with van der Waals surface area (Å²) in [4.78, 5) is 12.5. The molecule has 160 valence electrons. The molecule has 0 spiro atoms. The molecule has 0 atom stereocenters. The first-order valence-electron chi connectivity index (χ1n) is 9.84. The first-order chi connectivity index (χ1) is 14.9. The number of carbonyl (C=O) groups excluding carboxylic acids is 1. The van der Waals surface area contributed by atoms with Crippen molar-refractivity contribution in [3.05, 3.63) is 53.1 Å². The third-order valence-corrected chi connectivity index (χ3v) is 6.08. The number of hydrogen-bond acceptors (Lipinski definition) is 6. The number of aryl methyl sites for hydroxylation is 3. The number of methoxy groups -OCH3 is 1. The molecule has 2 aromatic heterocycles. The van der Waals surface area contributed by atoms with Crippen molar-refractivity contribution in [1.82, 2.24) is 14.8 Å². The van der Waals surface area contributed by atoms with Crippen LogP contribution in [0.15, 0.2) is 46.0 Å². The fraction of sp³-hybridized carbons (Fsp3) is 0.261. The van der Waals surface area contributed by atoms with Crippen molar-refractivity contribution in [3.63, 3.8) is 0 Å². The summed E-state index contributed by atoms with van der Waals surface area (Å²) < 4.78 is 13.2. The number of fused-ring (bicyclic) bond motifs is 1. The summed E-state index contributed by atoms with van der Waals surface area (Å²) in [5, 5.41) is 13.1. The molecule has 7 nitrogen and oxygen atoms in total. The maximum atomic E-state index is 12.5. The topological polar surface area (TPSA) is 82.2 Å². The summed E-state index contributed by atoms with van der Waals surface area (Å²) in [7, 11) is 3.47. The average Bonchev–Trinajstić information content (AvgIpc) is 3.32. The summed E-state index contributed by atoms with van der Waals surface area (Å²) >= 11 is 1.33. The molecule has 0 fully saturated rings. The lowest BCUT2D eigenvalue weighted by molar-refractivity contribution is -0.113. The van der Waals surface area contributed by atoms with Crippen molar-refractivity contribution in [2.24, 2.45) is 7.05 Å². The molecule has 0 saturated carbocycles. The zero-order valence-electron chi connectivity index (χ0n) is 18.1. The summed E-state index contributed by atoms with van der Waals surface area (Å²) in [6.07, 6.45) is 0. The van der Waals surface area contributed by atoms with Gasteiger partial charge in [-0.25, -0.2) is 0 Å². The van der Waals surface area contributed by atoms with E-state index in [1.54, 1.807) is 7.11 Å². The molecule has 2 aromatic carbocycles. The number of para-hydroxylation sites is 1. The molecule has 0 saturated heterocycles. The number of thioether (sulfide) groups is 1. The Morgan fingerprint density at radius 3 is 2.61 bits per heavy atom. The van der Waals surface area contributed by atoms with Crippen molar-refractivity contribution >= 4 is 34.3 Å². The number of anilines is 1. The molecular weight excluding hydrogens is 412 g/mol. The molecule has 0 radical (unpaired) electrons. The number of carbonyl (C=O) groups is 1. The van der Waals surface area contributed by atoms with Gasteiger partial charge in [0.1, 0.15) is 0 Å². The van der Waals surface area contributed by atoms with Gasteiger partial charge < -0.3 is 19.0 Å². The van der Waals surface area contributed by atoms with E-state index >= 15 is 0 Å². The molecule has 1 amide bonds. The van der Waals surface area contributed by atoms with Crippen LogP contribution in [0.1, 0.15) is 16.7 Å². The van der Waals surface area contributed by atoms with Crippen molar-refractivity contribution < 1.29 is 13.9 Å². The van der Waals surface area contributed by atoms with E-state index in [0.29, 0.717) is 28.1 Å². The lowest BCUT2D eigenvalue weighted by Gasteiger charge is -2.12. The van der Waals surface area contributed by atoms with E-state index in [-0.39, 0.29) is 11.7 Å². The van der Waals surface area contributed by atoms with Crippen LogP contribution < -0.4 is 10.1 Å². The van der Waals surface area contributed by atoms with Crippen LogP contribution in [-0.4, -0.2) is 33.5 Å². The molecule has 8 heteroatoms. The summed E-state index contributed by atoms with van der Waals surface area (Å²) in [5.74, 6) is 1.99. The third-order valence-electron chi connectivity index (χ3n) is 5.06. The molecular formula is C23H24N4O3S. The SMILES string of the molecule is COc1cccc2cc(-c3nnc(SCC(=O)Nc4c(C)cc(C)cc4C)n3C)oc12. The van der Waals surface area contributed by atoms with Gasteiger partial charge in [0.25, 0.3) is 0 Å². The molecule has 0 aliphatic rings. The number of hydrogen-bond donors (Lipinski definition) is 1. The van der Waals surface area contributed by atoms with Crippen molar-refractivity contribution in [2.45, 2.75) is 25.9 Å². The number of nitrogens with zero attached hydrogens (tertiary/aromatic N) is 3. The number of aromatic nitrogens is 3. The largest absolute Gasteiger partial charge is 0.493 e. The minimum atomic E-state index is -0.0851. The second-order valence-electron chi connectivity index (χ2n) is 7.47. The lowest BCUT2D eigenvalue weighted by Crippen LogP contribution is -2.16. The predicted octanol–water partition coefficient (Wildman–Crippen LogP) is 4.89. The number of ether oxygens (including phenoxy) is 1. The van der Waals surface area contributed by atoms with Gasteiger partial charge in [0, 0.05) is 18.1 Å². The smallest absolute Gasteiger partial charge is 0.234 e. The Morgan fingerprint density at radius 1 is 1.16 bits per heavy atom. The Hall–Kier alpha value is -3.26. The summed E-state index contributed by atoms with van der Waals surface area (Å²) in [6, 6.07) is 11.8. The Balaban J connectivity index is 1.49. The number of furan rings is 1. The number of amides is 1. The van der Waals surface area contributed by atoms with Gasteiger partial charge in [-0.2, -0.15) is 0 Å². The van der Waals surface area contributed by atoms with Gasteiger partial charge in [0.05, 0.1) is 12.9 Å². The van der Waals surface area contributed by atoms with E-state index < -0.39 is 0 Å². The Kier molecular flexibility index (Phi) is 5.73. The molecule has 2 heterocycles. The normalized spacial score (nSPS) is 11.1. The highest BCUT2D eigenvalue weighted by Crippen LogP contribution is 2.33. The van der Waals surface area contributed by atoms with Crippen LogP contribution in [0.5, 0.6) is 5.75 Å². The molecule has 0 aliphatic carbocycles.